The van der Waals surface area contributed by atoms with Crippen LogP contribution >= 0.6 is 0 Å². The largest absolute Gasteiger partial charge is 0.494 e. The van der Waals surface area contributed by atoms with E-state index < -0.39 is 0 Å². The Labute approximate surface area is 160 Å². The van der Waals surface area contributed by atoms with Crippen LogP contribution < -0.4 is 15.4 Å². The normalized spacial score (nSPS) is 11.2. The number of anilines is 1. The topological polar surface area (TPSA) is 67.4 Å². The molecular weight excluding hydrogens is 340 g/mol. The molecule has 0 saturated heterocycles. The number of nitrogens with one attached hydrogen (secondary N) is 2. The molecule has 2 aromatic rings. The van der Waals surface area contributed by atoms with Crippen molar-refractivity contribution in [2.45, 2.75) is 27.2 Å². The minimum Gasteiger partial charge on any atom is -0.494 e. The lowest BCUT2D eigenvalue weighted by Crippen LogP contribution is -2.28. The van der Waals surface area contributed by atoms with Crippen molar-refractivity contribution < 1.29 is 14.3 Å². The van der Waals surface area contributed by atoms with Gasteiger partial charge in [-0.1, -0.05) is 44.2 Å². The fourth-order valence-electron chi connectivity index (χ4n) is 2.31. The van der Waals surface area contributed by atoms with Gasteiger partial charge in [0.2, 0.25) is 5.91 Å². The van der Waals surface area contributed by atoms with Gasteiger partial charge in [-0.2, -0.15) is 0 Å². The van der Waals surface area contributed by atoms with Crippen LogP contribution in [-0.2, 0) is 9.59 Å². The molecule has 142 valence electrons. The van der Waals surface area contributed by atoms with Crippen molar-refractivity contribution in [2.24, 2.45) is 5.92 Å². The molecule has 0 unspecified atom stereocenters. The summed E-state index contributed by atoms with van der Waals surface area (Å²) in [6.45, 7) is 6.33. The van der Waals surface area contributed by atoms with Crippen LogP contribution in [0.15, 0.2) is 60.3 Å². The molecular formula is C22H26N2O3. The summed E-state index contributed by atoms with van der Waals surface area (Å²) in [7, 11) is 0. The Morgan fingerprint density at radius 2 is 1.70 bits per heavy atom. The summed E-state index contributed by atoms with van der Waals surface area (Å²) in [5.74, 6) is 0.659. The number of ether oxygens (including phenoxy) is 1. The smallest absolute Gasteiger partial charge is 0.272 e. The number of carbonyl (C=O) groups excluding carboxylic acids is 2. The van der Waals surface area contributed by atoms with E-state index in [1.54, 1.807) is 18.2 Å². The van der Waals surface area contributed by atoms with E-state index in [-0.39, 0.29) is 17.5 Å². The highest BCUT2D eigenvalue weighted by Gasteiger charge is 2.12. The second-order valence-electron chi connectivity index (χ2n) is 6.66. The molecule has 0 heterocycles. The number of benzene rings is 2. The molecule has 2 aromatic carbocycles. The molecule has 0 spiro atoms. The maximum Gasteiger partial charge on any atom is 0.272 e. The number of rotatable bonds is 8. The standard InChI is InChI=1S/C22H26N2O3/c1-16(2)13-14-27-20-11-9-19(10-12-20)24-22(26)21(23-17(3)25)15-18-7-5-4-6-8-18/h4-12,15-16H,13-14H2,1-3H3,(H,23,25)(H,24,26)/b21-15-. The fraction of sp³-hybridized carbons (Fsp3) is 0.273. The van der Waals surface area contributed by atoms with Gasteiger partial charge in [0, 0.05) is 12.6 Å². The average molecular weight is 366 g/mol. The summed E-state index contributed by atoms with van der Waals surface area (Å²) in [6, 6.07) is 16.5. The molecule has 2 rings (SSSR count). The molecule has 2 N–H and O–H groups in total. The van der Waals surface area contributed by atoms with E-state index in [2.05, 4.69) is 24.5 Å². The van der Waals surface area contributed by atoms with Crippen LogP contribution in [0.1, 0.15) is 32.8 Å². The second-order valence-corrected chi connectivity index (χ2v) is 6.66. The molecule has 5 heteroatoms. The number of amides is 2. The van der Waals surface area contributed by atoms with E-state index in [9.17, 15) is 9.59 Å². The Hall–Kier alpha value is -3.08. The van der Waals surface area contributed by atoms with Crippen LogP contribution in [0.2, 0.25) is 0 Å². The molecule has 0 aromatic heterocycles. The van der Waals surface area contributed by atoms with Crippen molar-refractivity contribution in [1.29, 1.82) is 0 Å². The number of hydrogen-bond acceptors (Lipinski definition) is 3. The van der Waals surface area contributed by atoms with Gasteiger partial charge in [0.1, 0.15) is 11.4 Å². The highest BCUT2D eigenvalue weighted by Crippen LogP contribution is 2.17. The van der Waals surface area contributed by atoms with Crippen molar-refractivity contribution in [3.63, 3.8) is 0 Å². The third kappa shape index (κ3) is 7.36. The first-order chi connectivity index (χ1) is 12.9. The van der Waals surface area contributed by atoms with E-state index in [0.717, 1.165) is 17.7 Å². The van der Waals surface area contributed by atoms with E-state index in [1.165, 1.54) is 6.92 Å². The molecule has 0 saturated carbocycles. The van der Waals surface area contributed by atoms with Crippen molar-refractivity contribution >= 4 is 23.6 Å². The van der Waals surface area contributed by atoms with Gasteiger partial charge in [-0.15, -0.1) is 0 Å². The summed E-state index contributed by atoms with van der Waals surface area (Å²) < 4.78 is 5.67. The van der Waals surface area contributed by atoms with Gasteiger partial charge in [0.25, 0.3) is 5.91 Å². The van der Waals surface area contributed by atoms with Gasteiger partial charge in [0.15, 0.2) is 0 Å². The van der Waals surface area contributed by atoms with Crippen LogP contribution in [0.25, 0.3) is 6.08 Å². The highest BCUT2D eigenvalue weighted by atomic mass is 16.5. The predicted octanol–water partition coefficient (Wildman–Crippen LogP) is 4.23. The van der Waals surface area contributed by atoms with Gasteiger partial charge in [-0.3, -0.25) is 9.59 Å². The van der Waals surface area contributed by atoms with Crippen LogP contribution in [0.5, 0.6) is 5.75 Å². The Morgan fingerprint density at radius 3 is 2.30 bits per heavy atom. The predicted molar refractivity (Wildman–Crippen MR) is 108 cm³/mol. The molecule has 5 nitrogen and oxygen atoms in total. The zero-order chi connectivity index (χ0) is 19.6. The van der Waals surface area contributed by atoms with Crippen LogP contribution in [0.3, 0.4) is 0 Å². The van der Waals surface area contributed by atoms with E-state index in [0.29, 0.717) is 18.2 Å². The zero-order valence-electron chi connectivity index (χ0n) is 16.0. The third-order valence-corrected chi connectivity index (χ3v) is 3.74. The van der Waals surface area contributed by atoms with Gasteiger partial charge < -0.3 is 15.4 Å². The van der Waals surface area contributed by atoms with Crippen LogP contribution in [0.4, 0.5) is 5.69 Å². The molecule has 0 aliphatic carbocycles. The van der Waals surface area contributed by atoms with Gasteiger partial charge in [0.05, 0.1) is 6.61 Å². The Balaban J connectivity index is 2.04. The summed E-state index contributed by atoms with van der Waals surface area (Å²) in [6.07, 6.45) is 2.63. The van der Waals surface area contributed by atoms with Gasteiger partial charge in [-0.25, -0.2) is 0 Å². The van der Waals surface area contributed by atoms with E-state index >= 15 is 0 Å². The Bertz CT molecular complexity index is 781. The second kappa shape index (κ2) is 10.2. The molecule has 0 aliphatic heterocycles. The maximum atomic E-state index is 12.6. The molecule has 0 aliphatic rings. The fourth-order valence-corrected chi connectivity index (χ4v) is 2.31. The first-order valence-electron chi connectivity index (χ1n) is 9.02. The van der Waals surface area contributed by atoms with Crippen molar-refractivity contribution in [3.05, 3.63) is 65.9 Å². The van der Waals surface area contributed by atoms with Crippen LogP contribution in [0, 0.1) is 5.92 Å². The highest BCUT2D eigenvalue weighted by molar-refractivity contribution is 6.08. The maximum absolute atomic E-state index is 12.6. The van der Waals surface area contributed by atoms with E-state index in [1.807, 2.05) is 42.5 Å². The van der Waals surface area contributed by atoms with Crippen LogP contribution in [-0.4, -0.2) is 18.4 Å². The third-order valence-electron chi connectivity index (χ3n) is 3.74. The molecule has 0 fully saturated rings. The first kappa shape index (κ1) is 20.2. The molecule has 27 heavy (non-hydrogen) atoms. The van der Waals surface area contributed by atoms with Crippen molar-refractivity contribution in [3.8, 4) is 5.75 Å². The lowest BCUT2D eigenvalue weighted by atomic mass is 10.1. The summed E-state index contributed by atoms with van der Waals surface area (Å²) in [4.78, 5) is 24.0. The lowest BCUT2D eigenvalue weighted by molar-refractivity contribution is -0.120. The van der Waals surface area contributed by atoms with Gasteiger partial charge >= 0.3 is 0 Å². The lowest BCUT2D eigenvalue weighted by Gasteiger charge is -2.11. The minimum atomic E-state index is -0.387. The Morgan fingerprint density at radius 1 is 1.04 bits per heavy atom. The average Bonchev–Trinajstić information content (AvgIpc) is 2.63. The molecule has 0 atom stereocenters. The number of carbonyl (C=O) groups is 2. The molecule has 2 amide bonds. The van der Waals surface area contributed by atoms with Crippen molar-refractivity contribution in [1.82, 2.24) is 5.32 Å². The summed E-state index contributed by atoms with van der Waals surface area (Å²) >= 11 is 0. The summed E-state index contributed by atoms with van der Waals surface area (Å²) in [5, 5.41) is 5.38. The Kier molecular flexibility index (Phi) is 7.62. The number of hydrogen-bond donors (Lipinski definition) is 2. The minimum absolute atomic E-state index is 0.186. The zero-order valence-corrected chi connectivity index (χ0v) is 16.0. The monoisotopic (exact) mass is 366 g/mol. The van der Waals surface area contributed by atoms with Crippen molar-refractivity contribution in [2.75, 3.05) is 11.9 Å². The SMILES string of the molecule is CC(=O)N/C(=C\c1ccccc1)C(=O)Nc1ccc(OCCC(C)C)cc1. The molecule has 0 bridgehead atoms. The quantitative estimate of drug-likeness (QED) is 0.687. The summed E-state index contributed by atoms with van der Waals surface area (Å²) in [5.41, 5.74) is 1.64. The van der Waals surface area contributed by atoms with E-state index in [4.69, 9.17) is 4.74 Å². The van der Waals surface area contributed by atoms with Gasteiger partial charge in [-0.05, 0) is 48.2 Å². The first-order valence-corrected chi connectivity index (χ1v) is 9.02. The molecule has 0 radical (unpaired) electrons.